The molecule has 1 aromatic carbocycles. The highest BCUT2D eigenvalue weighted by Crippen LogP contribution is 2.27. The summed E-state index contributed by atoms with van der Waals surface area (Å²) in [5.74, 6) is 1.58. The Morgan fingerprint density at radius 2 is 2.04 bits per heavy atom. The van der Waals surface area contributed by atoms with Crippen molar-refractivity contribution in [3.63, 3.8) is 0 Å². The Labute approximate surface area is 145 Å². The van der Waals surface area contributed by atoms with Crippen LogP contribution in [0.25, 0.3) is 11.0 Å². The van der Waals surface area contributed by atoms with Gasteiger partial charge in [-0.05, 0) is 64.3 Å². The van der Waals surface area contributed by atoms with Gasteiger partial charge in [-0.25, -0.2) is 4.98 Å². The Hall–Kier alpha value is -1.39. The van der Waals surface area contributed by atoms with E-state index in [9.17, 15) is 5.11 Å². The fourth-order valence-corrected chi connectivity index (χ4v) is 3.93. The molecule has 2 aromatic rings. The van der Waals surface area contributed by atoms with Crippen LogP contribution in [0.1, 0.15) is 45.9 Å². The molecule has 1 fully saturated rings. The smallest absolute Gasteiger partial charge is 0.109 e. The molecule has 4 nitrogen and oxygen atoms in total. The van der Waals surface area contributed by atoms with Gasteiger partial charge in [0.15, 0.2) is 0 Å². The van der Waals surface area contributed by atoms with E-state index in [1.807, 2.05) is 13.8 Å². The number of aryl methyl sites for hydroxylation is 2. The molecule has 0 amide bonds. The molecule has 1 aromatic heterocycles. The summed E-state index contributed by atoms with van der Waals surface area (Å²) >= 11 is 0. The van der Waals surface area contributed by atoms with Crippen LogP contribution in [0.4, 0.5) is 0 Å². The number of nitrogens with zero attached hydrogens (tertiary/aromatic N) is 3. The number of hydrogen-bond donors (Lipinski definition) is 1. The number of para-hydroxylation sites is 2. The van der Waals surface area contributed by atoms with E-state index in [4.69, 9.17) is 4.98 Å². The molecule has 1 saturated heterocycles. The molecule has 1 aliphatic heterocycles. The van der Waals surface area contributed by atoms with E-state index in [0.29, 0.717) is 5.92 Å². The third kappa shape index (κ3) is 3.81. The second kappa shape index (κ2) is 7.24. The van der Waals surface area contributed by atoms with Crippen LogP contribution in [0.15, 0.2) is 24.3 Å². The molecule has 1 atom stereocenters. The predicted molar refractivity (Wildman–Crippen MR) is 99.2 cm³/mol. The number of aromatic nitrogens is 2. The Bertz CT molecular complexity index is 671. The molecular weight excluding hydrogens is 298 g/mol. The van der Waals surface area contributed by atoms with Crippen LogP contribution in [-0.4, -0.2) is 44.8 Å². The lowest BCUT2D eigenvalue weighted by Gasteiger charge is -2.38. The number of piperidine rings is 1. The van der Waals surface area contributed by atoms with Crippen molar-refractivity contribution in [1.29, 1.82) is 0 Å². The molecular formula is C20H31N3O. The van der Waals surface area contributed by atoms with Gasteiger partial charge in [0.2, 0.25) is 0 Å². The van der Waals surface area contributed by atoms with Crippen LogP contribution < -0.4 is 0 Å². The highest BCUT2D eigenvalue weighted by atomic mass is 16.3. The minimum absolute atomic E-state index is 0.395. The van der Waals surface area contributed by atoms with E-state index in [1.54, 1.807) is 0 Å². The van der Waals surface area contributed by atoms with E-state index in [2.05, 4.69) is 40.7 Å². The summed E-state index contributed by atoms with van der Waals surface area (Å²) < 4.78 is 2.38. The highest BCUT2D eigenvalue weighted by molar-refractivity contribution is 5.75. The normalized spacial score (nSPS) is 19.9. The first-order chi connectivity index (χ1) is 11.5. The molecule has 1 N–H and O–H groups in total. The number of fused-ring (bicyclic) bond motifs is 1. The Morgan fingerprint density at radius 3 is 2.79 bits per heavy atom. The lowest BCUT2D eigenvalue weighted by molar-refractivity contribution is -0.0184. The zero-order valence-electron chi connectivity index (χ0n) is 15.3. The maximum Gasteiger partial charge on any atom is 0.109 e. The van der Waals surface area contributed by atoms with Crippen LogP contribution in [0.2, 0.25) is 0 Å². The minimum Gasteiger partial charge on any atom is -0.390 e. The van der Waals surface area contributed by atoms with Crippen molar-refractivity contribution in [2.24, 2.45) is 5.92 Å². The monoisotopic (exact) mass is 329 g/mol. The molecule has 2 heterocycles. The van der Waals surface area contributed by atoms with E-state index >= 15 is 0 Å². The second-order valence-corrected chi connectivity index (χ2v) is 7.67. The van der Waals surface area contributed by atoms with Crippen molar-refractivity contribution in [1.82, 2.24) is 14.5 Å². The Morgan fingerprint density at radius 1 is 1.25 bits per heavy atom. The maximum atomic E-state index is 10.3. The molecule has 1 aliphatic rings. The first-order valence-electron chi connectivity index (χ1n) is 9.38. The zero-order chi connectivity index (χ0) is 17.2. The lowest BCUT2D eigenvalue weighted by Crippen LogP contribution is -2.45. The topological polar surface area (TPSA) is 41.3 Å². The quantitative estimate of drug-likeness (QED) is 0.882. The maximum absolute atomic E-state index is 10.3. The van der Waals surface area contributed by atoms with Gasteiger partial charge in [0.1, 0.15) is 5.82 Å². The van der Waals surface area contributed by atoms with Gasteiger partial charge in [0.25, 0.3) is 0 Å². The second-order valence-electron chi connectivity index (χ2n) is 7.67. The van der Waals surface area contributed by atoms with Gasteiger partial charge in [-0.3, -0.25) is 0 Å². The summed E-state index contributed by atoms with van der Waals surface area (Å²) in [5, 5.41) is 10.3. The molecule has 0 radical (unpaired) electrons. The third-order valence-electron chi connectivity index (χ3n) is 5.41. The van der Waals surface area contributed by atoms with Crippen LogP contribution in [0.5, 0.6) is 0 Å². The summed E-state index contributed by atoms with van der Waals surface area (Å²) in [4.78, 5) is 7.28. The molecule has 4 heteroatoms. The highest BCUT2D eigenvalue weighted by Gasteiger charge is 2.30. The summed E-state index contributed by atoms with van der Waals surface area (Å²) in [6.45, 7) is 10.4. The van der Waals surface area contributed by atoms with Gasteiger partial charge in [-0.15, -0.1) is 0 Å². The Balaban J connectivity index is 1.61. The molecule has 132 valence electrons. The van der Waals surface area contributed by atoms with E-state index < -0.39 is 5.60 Å². The summed E-state index contributed by atoms with van der Waals surface area (Å²) in [7, 11) is 0. The number of imidazole rings is 1. The fraction of sp³-hybridized carbons (Fsp3) is 0.650. The van der Waals surface area contributed by atoms with Crippen molar-refractivity contribution in [2.75, 3.05) is 19.6 Å². The lowest BCUT2D eigenvalue weighted by atomic mass is 9.84. The van der Waals surface area contributed by atoms with Crippen molar-refractivity contribution in [2.45, 2.75) is 58.6 Å². The van der Waals surface area contributed by atoms with Gasteiger partial charge in [0, 0.05) is 19.5 Å². The zero-order valence-corrected chi connectivity index (χ0v) is 15.3. The number of aliphatic hydroxyl groups is 1. The van der Waals surface area contributed by atoms with Gasteiger partial charge < -0.3 is 14.6 Å². The first kappa shape index (κ1) is 17.4. The van der Waals surface area contributed by atoms with Crippen molar-refractivity contribution in [3.8, 4) is 0 Å². The predicted octanol–water partition coefficient (Wildman–Crippen LogP) is 3.47. The van der Waals surface area contributed by atoms with Crippen LogP contribution in [-0.2, 0) is 13.0 Å². The van der Waals surface area contributed by atoms with E-state index in [-0.39, 0.29) is 0 Å². The number of likely N-dealkylation sites (tertiary alicyclic amines) is 1. The summed E-state index contributed by atoms with van der Waals surface area (Å²) in [6, 6.07) is 8.43. The average Bonchev–Trinajstić information content (AvgIpc) is 2.92. The molecule has 0 aliphatic carbocycles. The molecule has 1 unspecified atom stereocenters. The van der Waals surface area contributed by atoms with Crippen LogP contribution in [0, 0.1) is 5.92 Å². The first-order valence-corrected chi connectivity index (χ1v) is 9.38. The summed E-state index contributed by atoms with van der Waals surface area (Å²) in [6.07, 6.45) is 4.44. The van der Waals surface area contributed by atoms with E-state index in [0.717, 1.165) is 51.0 Å². The number of benzene rings is 1. The standard InChI is InChI=1S/C20H31N3O/c1-4-19-21-17-10-5-6-11-18(17)23(19)14-8-13-22-12-7-9-16(15-22)20(2,3)24/h5-6,10-11,16,24H,4,7-9,12-15H2,1-3H3. The summed E-state index contributed by atoms with van der Waals surface area (Å²) in [5.41, 5.74) is 1.80. The molecule has 0 spiro atoms. The molecule has 3 rings (SSSR count). The fourth-order valence-electron chi connectivity index (χ4n) is 3.93. The van der Waals surface area contributed by atoms with E-state index in [1.165, 1.54) is 17.8 Å². The minimum atomic E-state index is -0.561. The van der Waals surface area contributed by atoms with Crippen molar-refractivity contribution < 1.29 is 5.11 Å². The number of hydrogen-bond acceptors (Lipinski definition) is 3. The van der Waals surface area contributed by atoms with Crippen LogP contribution in [0.3, 0.4) is 0 Å². The largest absolute Gasteiger partial charge is 0.390 e. The van der Waals surface area contributed by atoms with Crippen molar-refractivity contribution in [3.05, 3.63) is 30.1 Å². The van der Waals surface area contributed by atoms with Gasteiger partial charge >= 0.3 is 0 Å². The molecule has 24 heavy (non-hydrogen) atoms. The van der Waals surface area contributed by atoms with Gasteiger partial charge in [0.05, 0.1) is 16.6 Å². The molecule has 0 saturated carbocycles. The van der Waals surface area contributed by atoms with Crippen LogP contribution >= 0.6 is 0 Å². The van der Waals surface area contributed by atoms with Crippen molar-refractivity contribution >= 4 is 11.0 Å². The third-order valence-corrected chi connectivity index (χ3v) is 5.41. The SMILES string of the molecule is CCc1nc2ccccc2n1CCCN1CCCC(C(C)(C)O)C1. The van der Waals surface area contributed by atoms with Gasteiger partial charge in [-0.2, -0.15) is 0 Å². The van der Waals surface area contributed by atoms with Gasteiger partial charge in [-0.1, -0.05) is 19.1 Å². The number of rotatable bonds is 6. The average molecular weight is 329 g/mol. The Kier molecular flexibility index (Phi) is 5.26. The molecule has 0 bridgehead atoms.